The van der Waals surface area contributed by atoms with Gasteiger partial charge in [0.1, 0.15) is 0 Å². The third-order valence-corrected chi connectivity index (χ3v) is 3.59. The number of thioether (sulfide) groups is 1. The van der Waals surface area contributed by atoms with Gasteiger partial charge in [0.25, 0.3) is 0 Å². The van der Waals surface area contributed by atoms with Crippen LogP contribution in [0.4, 0.5) is 23.5 Å². The number of rotatable bonds is 4. The molecule has 0 fully saturated rings. The van der Waals surface area contributed by atoms with Crippen molar-refractivity contribution in [2.45, 2.75) is 31.1 Å². The summed E-state index contributed by atoms with van der Waals surface area (Å²) in [5.41, 5.74) is 2.49. The number of aryl methyl sites for hydroxylation is 1. The predicted molar refractivity (Wildman–Crippen MR) is 96.7 cm³/mol. The summed E-state index contributed by atoms with van der Waals surface area (Å²) in [4.78, 5) is 1.19. The van der Waals surface area contributed by atoms with E-state index in [0.29, 0.717) is 0 Å². The molecule has 0 atom stereocenters. The van der Waals surface area contributed by atoms with Crippen molar-refractivity contribution >= 4 is 11.8 Å². The second-order valence-electron chi connectivity index (χ2n) is 4.44. The average Bonchev–Trinajstić information content (AvgIpc) is 2.47. The molecule has 2 aromatic rings. The molecule has 0 aliphatic heterocycles. The van der Waals surface area contributed by atoms with E-state index < -0.39 is 0 Å². The van der Waals surface area contributed by atoms with Crippen molar-refractivity contribution in [2.24, 2.45) is 0 Å². The Bertz CT molecular complexity index is 561. The Labute approximate surface area is 143 Å². The van der Waals surface area contributed by atoms with Crippen LogP contribution in [-0.4, -0.2) is 0 Å². The van der Waals surface area contributed by atoms with E-state index in [1.54, 1.807) is 11.8 Å². The van der Waals surface area contributed by atoms with Gasteiger partial charge in [0.05, 0.1) is 0 Å². The summed E-state index contributed by atoms with van der Waals surface area (Å²) in [6.45, 7) is 2.22. The van der Waals surface area contributed by atoms with Crippen molar-refractivity contribution in [2.75, 3.05) is 0 Å². The first kappa shape index (κ1) is 29.9. The minimum atomic E-state index is 0. The van der Waals surface area contributed by atoms with E-state index in [1.165, 1.54) is 29.7 Å². The lowest BCUT2D eigenvalue weighted by molar-refractivity contribution is 0.795. The minimum absolute atomic E-state index is 0. The quantitative estimate of drug-likeness (QED) is 0.369. The van der Waals surface area contributed by atoms with Gasteiger partial charge in [0, 0.05) is 10.5 Å². The van der Waals surface area contributed by atoms with Gasteiger partial charge in [-0.15, -0.1) is 0 Å². The number of hydrogen-bond donors (Lipinski definition) is 0. The van der Waals surface area contributed by atoms with Gasteiger partial charge >= 0.3 is 0 Å². The first-order valence-electron chi connectivity index (χ1n) is 6.70. The molecule has 6 heteroatoms. The van der Waals surface area contributed by atoms with Crippen molar-refractivity contribution in [3.05, 3.63) is 65.7 Å². The van der Waals surface area contributed by atoms with Gasteiger partial charge in [-0.2, -0.15) is 0 Å². The summed E-state index contributed by atoms with van der Waals surface area (Å²) in [5.74, 6) is 3.19. The van der Waals surface area contributed by atoms with Crippen LogP contribution in [0.1, 0.15) is 30.9 Å². The monoisotopic (exact) mass is 366 g/mol. The maximum absolute atomic E-state index is 3.19. The molecule has 0 heterocycles. The highest BCUT2D eigenvalue weighted by molar-refractivity contribution is 8.03. The predicted octanol–water partition coefficient (Wildman–Crippen LogP) is 5.89. The Balaban J connectivity index is -0.000000400. The molecule has 0 spiro atoms. The zero-order chi connectivity index (χ0) is 13.3. The summed E-state index contributed by atoms with van der Waals surface area (Å²) in [6.07, 6.45) is 3.67. The average molecular weight is 366 g/mol. The first-order chi connectivity index (χ1) is 9.38. The molecule has 24 heavy (non-hydrogen) atoms. The van der Waals surface area contributed by atoms with E-state index in [4.69, 9.17) is 0 Å². The Hall–Kier alpha value is -2.00. The summed E-state index contributed by atoms with van der Waals surface area (Å²) in [6, 6.07) is 18.8. The molecule has 0 bridgehead atoms. The standard InChI is InChI=1S/C18H18S.5FH/c1-2-3-7-16-10-12-17(13-11-16)14-15-19-18-8-5-4-6-9-18;;;;;/h4-6,8-13H,2-3,7H2,1H3;5*1H. The van der Waals surface area contributed by atoms with Gasteiger partial charge < -0.3 is 0 Å². The van der Waals surface area contributed by atoms with E-state index in [2.05, 4.69) is 54.5 Å². The SMILES string of the molecule is CCCCc1ccc(C#CSc2ccccc2)cc1.F.F.F.F.F. The largest absolute Gasteiger partial charge is 0.269 e. The second-order valence-corrected chi connectivity index (χ2v) is 5.32. The second kappa shape index (κ2) is 17.4. The molecule has 0 radical (unpaired) electrons. The van der Waals surface area contributed by atoms with Crippen molar-refractivity contribution < 1.29 is 23.5 Å². The van der Waals surface area contributed by atoms with Crippen LogP contribution in [0.3, 0.4) is 0 Å². The topological polar surface area (TPSA) is 0 Å². The van der Waals surface area contributed by atoms with Crippen LogP contribution >= 0.6 is 11.8 Å². The lowest BCUT2D eigenvalue weighted by atomic mass is 10.1. The molecule has 2 rings (SSSR count). The van der Waals surface area contributed by atoms with Gasteiger partial charge in [-0.1, -0.05) is 49.6 Å². The molecule has 0 unspecified atom stereocenters. The first-order valence-corrected chi connectivity index (χ1v) is 7.52. The third kappa shape index (κ3) is 10.7. The highest BCUT2D eigenvalue weighted by Crippen LogP contribution is 2.15. The minimum Gasteiger partial charge on any atom is -0.269 e. The number of hydrogen-bond acceptors (Lipinski definition) is 1. The van der Waals surface area contributed by atoms with Gasteiger partial charge in [0.2, 0.25) is 0 Å². The van der Waals surface area contributed by atoms with Crippen LogP contribution in [0, 0.1) is 11.2 Å². The van der Waals surface area contributed by atoms with Crippen LogP contribution in [0.25, 0.3) is 0 Å². The molecular formula is C18H23F5S. The fourth-order valence-corrected chi connectivity index (χ4v) is 2.35. The third-order valence-electron chi connectivity index (χ3n) is 2.88. The fraction of sp³-hybridized carbons (Fsp3) is 0.222. The zero-order valence-electron chi connectivity index (χ0n) is 13.3. The maximum Gasteiger partial charge on any atom is 0.0254 e. The lowest BCUT2D eigenvalue weighted by Crippen LogP contribution is -1.84. The Morgan fingerprint density at radius 2 is 1.38 bits per heavy atom. The Kier molecular flexibility index (Phi) is 21.7. The number of unbranched alkanes of at least 4 members (excludes halogenated alkanes) is 1. The summed E-state index contributed by atoms with van der Waals surface area (Å²) in [5, 5.41) is 3.15. The van der Waals surface area contributed by atoms with E-state index in [0.717, 1.165) is 5.56 Å². The van der Waals surface area contributed by atoms with Crippen LogP contribution in [0.15, 0.2) is 59.5 Å². The molecule has 0 aliphatic rings. The van der Waals surface area contributed by atoms with E-state index in [-0.39, 0.29) is 23.5 Å². The maximum atomic E-state index is 3.19. The van der Waals surface area contributed by atoms with Gasteiger partial charge in [0.15, 0.2) is 0 Å². The van der Waals surface area contributed by atoms with Gasteiger partial charge in [-0.3, -0.25) is 23.5 Å². The van der Waals surface area contributed by atoms with Crippen LogP contribution in [0.5, 0.6) is 0 Å². The summed E-state index contributed by atoms with van der Waals surface area (Å²) < 4.78 is 0. The lowest BCUT2D eigenvalue weighted by Gasteiger charge is -1.99. The molecule has 0 N–H and O–H groups in total. The summed E-state index contributed by atoms with van der Waals surface area (Å²) in [7, 11) is 0. The molecule has 136 valence electrons. The Morgan fingerprint density at radius 3 is 1.92 bits per heavy atom. The molecule has 2 aromatic carbocycles. The van der Waals surface area contributed by atoms with E-state index >= 15 is 0 Å². The van der Waals surface area contributed by atoms with Gasteiger partial charge in [-0.25, -0.2) is 0 Å². The highest BCUT2D eigenvalue weighted by Gasteiger charge is 1.92. The van der Waals surface area contributed by atoms with E-state index in [9.17, 15) is 0 Å². The van der Waals surface area contributed by atoms with Crippen molar-refractivity contribution in [1.29, 1.82) is 0 Å². The molecule has 0 aromatic heterocycles. The smallest absolute Gasteiger partial charge is 0.0254 e. The zero-order valence-corrected chi connectivity index (χ0v) is 14.1. The normalized spacial score (nSPS) is 7.71. The molecular weight excluding hydrogens is 343 g/mol. The molecule has 0 amide bonds. The van der Waals surface area contributed by atoms with Crippen molar-refractivity contribution in [3.8, 4) is 11.2 Å². The molecule has 0 saturated heterocycles. The fourth-order valence-electron chi connectivity index (χ4n) is 1.77. The molecule has 0 saturated carbocycles. The summed E-state index contributed by atoms with van der Waals surface area (Å²) >= 11 is 1.57. The van der Waals surface area contributed by atoms with Crippen LogP contribution in [-0.2, 0) is 6.42 Å². The number of benzene rings is 2. The van der Waals surface area contributed by atoms with E-state index in [1.807, 2.05) is 18.2 Å². The van der Waals surface area contributed by atoms with Crippen LogP contribution < -0.4 is 0 Å². The molecule has 0 nitrogen and oxygen atoms in total. The molecule has 0 aliphatic carbocycles. The van der Waals surface area contributed by atoms with Crippen LogP contribution in [0.2, 0.25) is 0 Å². The van der Waals surface area contributed by atoms with Crippen molar-refractivity contribution in [3.63, 3.8) is 0 Å². The highest BCUT2D eigenvalue weighted by atomic mass is 32.2. The van der Waals surface area contributed by atoms with Crippen molar-refractivity contribution in [1.82, 2.24) is 0 Å². The Morgan fingerprint density at radius 1 is 0.792 bits per heavy atom. The van der Waals surface area contributed by atoms with Gasteiger partial charge in [-0.05, 0) is 59.7 Å². The number of halogens is 5.